The molecular weight excluding hydrogens is 226 g/mol. The number of aryl methyl sites for hydroxylation is 1. The maximum Gasteiger partial charge on any atom is 0.0252 e. The van der Waals surface area contributed by atoms with Gasteiger partial charge in [0.05, 0.1) is 0 Å². The maximum absolute atomic E-state index is 3.61. The van der Waals surface area contributed by atoms with E-state index in [1.807, 2.05) is 11.3 Å². The fourth-order valence-electron chi connectivity index (χ4n) is 1.93. The van der Waals surface area contributed by atoms with Gasteiger partial charge in [-0.15, -0.1) is 11.3 Å². The van der Waals surface area contributed by atoms with Crippen LogP contribution in [0.4, 0.5) is 0 Å². The van der Waals surface area contributed by atoms with E-state index in [0.29, 0.717) is 6.04 Å². The third-order valence-electron chi connectivity index (χ3n) is 2.71. The molecule has 1 rings (SSSR count). The molecule has 0 aliphatic heterocycles. The van der Waals surface area contributed by atoms with Gasteiger partial charge in [0.25, 0.3) is 0 Å². The molecule has 96 valence electrons. The molecule has 0 saturated carbocycles. The minimum Gasteiger partial charge on any atom is -0.311 e. The van der Waals surface area contributed by atoms with Crippen LogP contribution in [0.5, 0.6) is 0 Å². The Hall–Kier alpha value is -0.600. The summed E-state index contributed by atoms with van der Waals surface area (Å²) in [7, 11) is 0. The van der Waals surface area contributed by atoms with Gasteiger partial charge in [-0.2, -0.15) is 0 Å². The Morgan fingerprint density at radius 2 is 2.29 bits per heavy atom. The number of thiophene rings is 1. The standard InChI is InChI=1S/C15H25NS/c1-4-10-16-14(12-13(2)3)7-5-8-15-9-6-11-17-15/h6,9,11-12,14,16H,4-5,7-8,10H2,1-3H3. The molecule has 2 heteroatoms. The number of hydrogen-bond acceptors (Lipinski definition) is 2. The van der Waals surface area contributed by atoms with E-state index in [4.69, 9.17) is 0 Å². The lowest BCUT2D eigenvalue weighted by Gasteiger charge is -2.15. The van der Waals surface area contributed by atoms with Crippen LogP contribution in [0.15, 0.2) is 29.2 Å². The molecule has 0 bridgehead atoms. The molecule has 0 spiro atoms. The molecule has 0 radical (unpaired) electrons. The summed E-state index contributed by atoms with van der Waals surface area (Å²) in [6.07, 6.45) is 7.30. The van der Waals surface area contributed by atoms with Crippen LogP contribution in [0.3, 0.4) is 0 Å². The molecule has 17 heavy (non-hydrogen) atoms. The Bertz CT molecular complexity index is 310. The summed E-state index contributed by atoms with van der Waals surface area (Å²) in [6.45, 7) is 7.70. The Labute approximate surface area is 110 Å². The lowest BCUT2D eigenvalue weighted by Crippen LogP contribution is -2.28. The van der Waals surface area contributed by atoms with Crippen LogP contribution in [-0.2, 0) is 6.42 Å². The highest BCUT2D eigenvalue weighted by Crippen LogP contribution is 2.13. The van der Waals surface area contributed by atoms with Crippen molar-refractivity contribution in [3.05, 3.63) is 34.0 Å². The fourth-order valence-corrected chi connectivity index (χ4v) is 2.68. The second-order valence-electron chi connectivity index (χ2n) is 4.78. The fraction of sp³-hybridized carbons (Fsp3) is 0.600. The third-order valence-corrected chi connectivity index (χ3v) is 3.65. The number of allylic oxidation sites excluding steroid dienone is 1. The highest BCUT2D eigenvalue weighted by molar-refractivity contribution is 7.09. The van der Waals surface area contributed by atoms with Crippen molar-refractivity contribution < 1.29 is 0 Å². The number of rotatable bonds is 8. The quantitative estimate of drug-likeness (QED) is 0.675. The molecule has 1 unspecified atom stereocenters. The van der Waals surface area contributed by atoms with Crippen LogP contribution >= 0.6 is 11.3 Å². The minimum atomic E-state index is 0.555. The molecule has 1 atom stereocenters. The van der Waals surface area contributed by atoms with Crippen LogP contribution in [0.25, 0.3) is 0 Å². The Morgan fingerprint density at radius 3 is 2.88 bits per heavy atom. The molecule has 0 aliphatic rings. The van der Waals surface area contributed by atoms with Crippen molar-refractivity contribution >= 4 is 11.3 Å². The second kappa shape index (κ2) is 8.48. The van der Waals surface area contributed by atoms with Gasteiger partial charge in [-0.3, -0.25) is 0 Å². The highest BCUT2D eigenvalue weighted by atomic mass is 32.1. The molecule has 1 nitrogen and oxygen atoms in total. The molecule has 1 heterocycles. The van der Waals surface area contributed by atoms with E-state index >= 15 is 0 Å². The van der Waals surface area contributed by atoms with E-state index < -0.39 is 0 Å². The first-order valence-corrected chi connectivity index (χ1v) is 7.51. The minimum absolute atomic E-state index is 0.555. The SMILES string of the molecule is CCCNC(C=C(C)C)CCCc1cccs1. The number of hydrogen-bond donors (Lipinski definition) is 1. The average molecular weight is 251 g/mol. The zero-order valence-electron chi connectivity index (χ0n) is 11.3. The maximum atomic E-state index is 3.61. The predicted octanol–water partition coefficient (Wildman–Crippen LogP) is 4.41. The van der Waals surface area contributed by atoms with Gasteiger partial charge in [-0.05, 0) is 57.5 Å². The lowest BCUT2D eigenvalue weighted by molar-refractivity contribution is 0.534. The lowest BCUT2D eigenvalue weighted by atomic mass is 10.1. The number of nitrogens with one attached hydrogen (secondary N) is 1. The van der Waals surface area contributed by atoms with Gasteiger partial charge in [0.1, 0.15) is 0 Å². The summed E-state index contributed by atoms with van der Waals surface area (Å²) >= 11 is 1.87. The van der Waals surface area contributed by atoms with E-state index in [9.17, 15) is 0 Å². The van der Waals surface area contributed by atoms with Crippen LogP contribution in [0.2, 0.25) is 0 Å². The summed E-state index contributed by atoms with van der Waals surface area (Å²) < 4.78 is 0. The summed E-state index contributed by atoms with van der Waals surface area (Å²) in [4.78, 5) is 1.51. The van der Waals surface area contributed by atoms with Crippen molar-refractivity contribution in [1.82, 2.24) is 5.32 Å². The summed E-state index contributed by atoms with van der Waals surface area (Å²) in [5.74, 6) is 0. The Morgan fingerprint density at radius 1 is 1.47 bits per heavy atom. The van der Waals surface area contributed by atoms with Crippen molar-refractivity contribution in [2.75, 3.05) is 6.54 Å². The normalized spacial score (nSPS) is 12.4. The Balaban J connectivity index is 2.30. The van der Waals surface area contributed by atoms with Gasteiger partial charge < -0.3 is 5.32 Å². The van der Waals surface area contributed by atoms with E-state index in [2.05, 4.69) is 49.7 Å². The van der Waals surface area contributed by atoms with Gasteiger partial charge in [0.15, 0.2) is 0 Å². The first-order valence-electron chi connectivity index (χ1n) is 6.63. The van der Waals surface area contributed by atoms with E-state index in [0.717, 1.165) is 6.54 Å². The summed E-state index contributed by atoms with van der Waals surface area (Å²) in [6, 6.07) is 4.93. The predicted molar refractivity (Wildman–Crippen MR) is 78.8 cm³/mol. The molecule has 0 aliphatic carbocycles. The van der Waals surface area contributed by atoms with Crippen molar-refractivity contribution in [2.45, 2.75) is 52.5 Å². The first-order chi connectivity index (χ1) is 8.22. The van der Waals surface area contributed by atoms with Gasteiger partial charge in [0, 0.05) is 10.9 Å². The van der Waals surface area contributed by atoms with Crippen molar-refractivity contribution in [1.29, 1.82) is 0 Å². The van der Waals surface area contributed by atoms with Crippen LogP contribution < -0.4 is 5.32 Å². The molecule has 0 fully saturated rings. The highest BCUT2D eigenvalue weighted by Gasteiger charge is 2.04. The zero-order valence-corrected chi connectivity index (χ0v) is 12.1. The van der Waals surface area contributed by atoms with Crippen molar-refractivity contribution in [2.24, 2.45) is 0 Å². The monoisotopic (exact) mass is 251 g/mol. The van der Waals surface area contributed by atoms with Gasteiger partial charge in [0.2, 0.25) is 0 Å². The molecule has 1 aromatic heterocycles. The third kappa shape index (κ3) is 6.64. The second-order valence-corrected chi connectivity index (χ2v) is 5.81. The van der Waals surface area contributed by atoms with Crippen LogP contribution in [0, 0.1) is 0 Å². The summed E-state index contributed by atoms with van der Waals surface area (Å²) in [5, 5.41) is 5.77. The average Bonchev–Trinajstić information content (AvgIpc) is 2.78. The zero-order chi connectivity index (χ0) is 12.5. The van der Waals surface area contributed by atoms with Crippen LogP contribution in [-0.4, -0.2) is 12.6 Å². The molecule has 0 aromatic carbocycles. The van der Waals surface area contributed by atoms with Gasteiger partial charge >= 0.3 is 0 Å². The van der Waals surface area contributed by atoms with E-state index in [-0.39, 0.29) is 0 Å². The molecule has 0 amide bonds. The molecule has 1 N–H and O–H groups in total. The van der Waals surface area contributed by atoms with Crippen LogP contribution in [0.1, 0.15) is 44.9 Å². The van der Waals surface area contributed by atoms with E-state index in [1.165, 1.54) is 36.1 Å². The molecule has 1 aromatic rings. The topological polar surface area (TPSA) is 12.0 Å². The van der Waals surface area contributed by atoms with Crippen molar-refractivity contribution in [3.63, 3.8) is 0 Å². The van der Waals surface area contributed by atoms with Gasteiger partial charge in [-0.25, -0.2) is 0 Å². The molecule has 0 saturated heterocycles. The first kappa shape index (κ1) is 14.5. The van der Waals surface area contributed by atoms with Gasteiger partial charge in [-0.1, -0.05) is 24.6 Å². The largest absolute Gasteiger partial charge is 0.311 e. The van der Waals surface area contributed by atoms with E-state index in [1.54, 1.807) is 0 Å². The van der Waals surface area contributed by atoms with Crippen molar-refractivity contribution in [3.8, 4) is 0 Å². The smallest absolute Gasteiger partial charge is 0.0252 e. The molecular formula is C15H25NS. The summed E-state index contributed by atoms with van der Waals surface area (Å²) in [5.41, 5.74) is 1.41. The Kier molecular flexibility index (Phi) is 7.22.